The molecular formula is C15H18O4S2. The summed E-state index contributed by atoms with van der Waals surface area (Å²) < 4.78 is 36.3. The highest BCUT2D eigenvalue weighted by molar-refractivity contribution is 8.00. The first-order chi connectivity index (χ1) is 10.0. The highest BCUT2D eigenvalue weighted by atomic mass is 32.2. The van der Waals surface area contributed by atoms with Gasteiger partial charge in [0.05, 0.1) is 17.1 Å². The Morgan fingerprint density at radius 3 is 2.57 bits per heavy atom. The number of aryl methyl sites for hydroxylation is 1. The summed E-state index contributed by atoms with van der Waals surface area (Å²) in [6, 6.07) is 6.79. The lowest BCUT2D eigenvalue weighted by Crippen LogP contribution is -2.60. The monoisotopic (exact) mass is 326 g/mol. The molecule has 4 nitrogen and oxygen atoms in total. The minimum absolute atomic E-state index is 0.0704. The van der Waals surface area contributed by atoms with Crippen molar-refractivity contribution < 1.29 is 17.3 Å². The summed E-state index contributed by atoms with van der Waals surface area (Å²) in [6.45, 7) is 1.93. The van der Waals surface area contributed by atoms with Crippen LogP contribution >= 0.6 is 11.8 Å². The van der Waals surface area contributed by atoms with Crippen LogP contribution in [0, 0.1) is 6.92 Å². The molecule has 21 heavy (non-hydrogen) atoms. The van der Waals surface area contributed by atoms with Gasteiger partial charge in [-0.1, -0.05) is 17.7 Å². The number of ether oxygens (including phenoxy) is 1. The van der Waals surface area contributed by atoms with Crippen molar-refractivity contribution in [1.29, 1.82) is 0 Å². The summed E-state index contributed by atoms with van der Waals surface area (Å²) in [6.07, 6.45) is 2.90. The van der Waals surface area contributed by atoms with Gasteiger partial charge >= 0.3 is 0 Å². The third-order valence-corrected chi connectivity index (χ3v) is 7.64. The van der Waals surface area contributed by atoms with E-state index in [4.69, 9.17) is 8.92 Å². The Balaban J connectivity index is 1.55. The number of hydrogen-bond acceptors (Lipinski definition) is 5. The van der Waals surface area contributed by atoms with Crippen molar-refractivity contribution in [1.82, 2.24) is 0 Å². The fraction of sp³-hybridized carbons (Fsp3) is 0.600. The lowest BCUT2D eigenvalue weighted by atomic mass is 9.88. The van der Waals surface area contributed by atoms with E-state index in [0.717, 1.165) is 24.8 Å². The Hall–Kier alpha value is -0.560. The zero-order valence-corrected chi connectivity index (χ0v) is 13.4. The topological polar surface area (TPSA) is 52.6 Å². The maximum Gasteiger partial charge on any atom is 0.297 e. The van der Waals surface area contributed by atoms with E-state index in [-0.39, 0.29) is 17.1 Å². The molecule has 5 heterocycles. The Labute approximate surface area is 129 Å². The van der Waals surface area contributed by atoms with Gasteiger partial charge in [-0.15, -0.1) is 11.8 Å². The average Bonchev–Trinajstić information content (AvgIpc) is 2.47. The molecule has 0 radical (unpaired) electrons. The summed E-state index contributed by atoms with van der Waals surface area (Å²) in [4.78, 5) is 0.229. The van der Waals surface area contributed by atoms with Crippen LogP contribution in [0.15, 0.2) is 29.2 Å². The van der Waals surface area contributed by atoms with Crippen LogP contribution < -0.4 is 0 Å². The third-order valence-electron chi connectivity index (χ3n) is 4.59. The van der Waals surface area contributed by atoms with Gasteiger partial charge in [0.25, 0.3) is 10.1 Å². The summed E-state index contributed by atoms with van der Waals surface area (Å²) in [5.41, 5.74) is 1.03. The fourth-order valence-electron chi connectivity index (χ4n) is 3.50. The van der Waals surface area contributed by atoms with E-state index >= 15 is 0 Å². The second kappa shape index (κ2) is 4.98. The van der Waals surface area contributed by atoms with Crippen LogP contribution in [0.25, 0.3) is 0 Å². The molecule has 5 aliphatic rings. The highest BCUT2D eigenvalue weighted by Crippen LogP contribution is 2.51. The molecule has 114 valence electrons. The maximum atomic E-state index is 12.4. The van der Waals surface area contributed by atoms with E-state index in [0.29, 0.717) is 16.6 Å². The molecule has 1 aromatic carbocycles. The molecule has 0 spiro atoms. The molecule has 1 aromatic rings. The zero-order valence-electron chi connectivity index (χ0n) is 11.8. The van der Waals surface area contributed by atoms with E-state index < -0.39 is 10.1 Å². The predicted molar refractivity (Wildman–Crippen MR) is 80.9 cm³/mol. The number of rotatable bonds is 3. The molecule has 5 fully saturated rings. The molecule has 5 unspecified atom stereocenters. The van der Waals surface area contributed by atoms with Crippen molar-refractivity contribution in [2.45, 2.75) is 59.9 Å². The standard InChI is InChI=1S/C15H18O4S2/c1-9-2-4-10(5-3-9)21(16,17)19-12-8-14-11-6-7-13(20-14)15(12)18-11/h2-5,11-15H,6-8H2,1H3. The first kappa shape index (κ1) is 14.1. The first-order valence-electron chi connectivity index (χ1n) is 7.34. The summed E-state index contributed by atoms with van der Waals surface area (Å²) in [7, 11) is -3.71. The Morgan fingerprint density at radius 1 is 1.19 bits per heavy atom. The minimum atomic E-state index is -3.71. The van der Waals surface area contributed by atoms with E-state index in [9.17, 15) is 8.42 Å². The highest BCUT2D eigenvalue weighted by Gasteiger charge is 2.53. The predicted octanol–water partition coefficient (Wildman–Crippen LogP) is 2.50. The first-order valence-corrected chi connectivity index (χ1v) is 9.69. The van der Waals surface area contributed by atoms with Gasteiger partial charge in [-0.05, 0) is 38.3 Å². The molecule has 0 amide bonds. The van der Waals surface area contributed by atoms with Crippen LogP contribution in [-0.4, -0.2) is 37.2 Å². The molecule has 5 saturated heterocycles. The van der Waals surface area contributed by atoms with Crippen LogP contribution in [0.2, 0.25) is 0 Å². The average molecular weight is 326 g/mol. The van der Waals surface area contributed by atoms with Crippen molar-refractivity contribution >= 4 is 21.9 Å². The van der Waals surface area contributed by atoms with Gasteiger partial charge in [-0.3, -0.25) is 4.18 Å². The molecule has 0 N–H and O–H groups in total. The van der Waals surface area contributed by atoms with Gasteiger partial charge in [0.1, 0.15) is 6.10 Å². The zero-order chi connectivity index (χ0) is 14.6. The molecule has 6 rings (SSSR count). The molecular weight excluding hydrogens is 308 g/mol. The van der Waals surface area contributed by atoms with Crippen molar-refractivity contribution in [2.24, 2.45) is 0 Å². The molecule has 4 bridgehead atoms. The summed E-state index contributed by atoms with van der Waals surface area (Å²) in [5, 5.41) is 0.791. The second-order valence-electron chi connectivity index (χ2n) is 6.07. The van der Waals surface area contributed by atoms with Gasteiger partial charge in [0.15, 0.2) is 0 Å². The quantitative estimate of drug-likeness (QED) is 0.799. The molecule has 5 aliphatic heterocycles. The van der Waals surface area contributed by atoms with Gasteiger partial charge in [-0.2, -0.15) is 8.42 Å². The van der Waals surface area contributed by atoms with Crippen LogP contribution in [0.5, 0.6) is 0 Å². The van der Waals surface area contributed by atoms with E-state index in [1.54, 1.807) is 24.3 Å². The number of fused-ring (bicyclic) bond motifs is 2. The molecule has 6 heteroatoms. The Bertz CT molecular complexity index is 640. The Kier molecular flexibility index (Phi) is 3.33. The molecule has 0 aliphatic carbocycles. The lowest BCUT2D eigenvalue weighted by molar-refractivity contribution is -0.135. The normalized spacial score (nSPS) is 37.9. The van der Waals surface area contributed by atoms with Crippen molar-refractivity contribution in [3.8, 4) is 0 Å². The second-order valence-corrected chi connectivity index (χ2v) is 9.12. The molecule has 0 aromatic heterocycles. The van der Waals surface area contributed by atoms with Crippen LogP contribution in [0.1, 0.15) is 24.8 Å². The van der Waals surface area contributed by atoms with Gasteiger partial charge in [0.2, 0.25) is 0 Å². The Morgan fingerprint density at radius 2 is 1.95 bits per heavy atom. The maximum absolute atomic E-state index is 12.4. The van der Waals surface area contributed by atoms with Crippen molar-refractivity contribution in [3.05, 3.63) is 29.8 Å². The molecule has 0 saturated carbocycles. The van der Waals surface area contributed by atoms with Crippen molar-refractivity contribution in [3.63, 3.8) is 0 Å². The third kappa shape index (κ3) is 2.42. The van der Waals surface area contributed by atoms with Gasteiger partial charge in [-0.25, -0.2) is 0 Å². The van der Waals surface area contributed by atoms with Crippen LogP contribution in [-0.2, 0) is 19.0 Å². The smallest absolute Gasteiger partial charge is 0.297 e. The lowest BCUT2D eigenvalue weighted by Gasteiger charge is -2.54. The van der Waals surface area contributed by atoms with E-state index in [1.807, 2.05) is 18.7 Å². The van der Waals surface area contributed by atoms with Gasteiger partial charge in [0, 0.05) is 10.5 Å². The largest absolute Gasteiger partial charge is 0.370 e. The summed E-state index contributed by atoms with van der Waals surface area (Å²) >= 11 is 1.96. The van der Waals surface area contributed by atoms with Crippen LogP contribution in [0.3, 0.4) is 0 Å². The van der Waals surface area contributed by atoms with Crippen LogP contribution in [0.4, 0.5) is 0 Å². The van der Waals surface area contributed by atoms with E-state index in [2.05, 4.69) is 0 Å². The number of benzene rings is 1. The fourth-order valence-corrected chi connectivity index (χ4v) is 6.38. The van der Waals surface area contributed by atoms with Gasteiger partial charge < -0.3 is 4.74 Å². The SMILES string of the molecule is Cc1ccc(S(=O)(=O)OC2CC3SC4CCC3OC24)cc1. The summed E-state index contributed by atoms with van der Waals surface area (Å²) in [5.74, 6) is 0. The number of thioether (sulfide) groups is 1. The van der Waals surface area contributed by atoms with Crippen molar-refractivity contribution in [2.75, 3.05) is 0 Å². The minimum Gasteiger partial charge on any atom is -0.370 e. The molecule has 5 atom stereocenters. The van der Waals surface area contributed by atoms with E-state index in [1.165, 1.54) is 0 Å². The number of hydrogen-bond donors (Lipinski definition) is 0.